The van der Waals surface area contributed by atoms with Crippen LogP contribution in [0, 0.1) is 0 Å². The van der Waals surface area contributed by atoms with Gasteiger partial charge in [-0.3, -0.25) is 9.20 Å². The molecule has 2 heterocycles. The molecule has 1 N–H and O–H groups in total. The van der Waals surface area contributed by atoms with Crippen LogP contribution in [0.5, 0.6) is 0 Å². The minimum atomic E-state index is -0.141. The van der Waals surface area contributed by atoms with E-state index in [1.54, 1.807) is 18.3 Å². The predicted molar refractivity (Wildman–Crippen MR) is 97.7 cm³/mol. The molecule has 2 aromatic carbocycles. The summed E-state index contributed by atoms with van der Waals surface area (Å²) in [5, 5.41) is 6.19. The van der Waals surface area contributed by atoms with Crippen molar-refractivity contribution in [2.24, 2.45) is 0 Å². The zero-order valence-corrected chi connectivity index (χ0v) is 13.5. The Labute approximate surface area is 143 Å². The molecule has 0 radical (unpaired) electrons. The summed E-state index contributed by atoms with van der Waals surface area (Å²) in [4.78, 5) is 16.7. The van der Waals surface area contributed by atoms with E-state index >= 15 is 0 Å². The summed E-state index contributed by atoms with van der Waals surface area (Å²) in [5.41, 5.74) is 2.15. The normalized spacial score (nSPS) is 11.0. The lowest BCUT2D eigenvalue weighted by Gasteiger charge is -2.10. The Morgan fingerprint density at radius 3 is 2.79 bits per heavy atom. The van der Waals surface area contributed by atoms with Gasteiger partial charge in [-0.1, -0.05) is 48.0 Å². The minimum absolute atomic E-state index is 0.141. The van der Waals surface area contributed by atoms with Crippen LogP contribution in [0.15, 0.2) is 71.7 Å². The number of halogens is 1. The highest BCUT2D eigenvalue weighted by molar-refractivity contribution is 6.30. The van der Waals surface area contributed by atoms with E-state index in [0.717, 1.165) is 11.1 Å². The maximum absolute atomic E-state index is 12.2. The lowest BCUT2D eigenvalue weighted by Crippen LogP contribution is -2.16. The van der Waals surface area contributed by atoms with Gasteiger partial charge in [-0.2, -0.15) is 0 Å². The largest absolute Gasteiger partial charge is 0.379 e. The van der Waals surface area contributed by atoms with Crippen LogP contribution in [0.3, 0.4) is 0 Å². The minimum Gasteiger partial charge on any atom is -0.379 e. The highest BCUT2D eigenvalue weighted by Gasteiger charge is 2.04. The lowest BCUT2D eigenvalue weighted by atomic mass is 10.1. The molecule has 0 aliphatic rings. The van der Waals surface area contributed by atoms with Gasteiger partial charge in [-0.05, 0) is 23.6 Å². The van der Waals surface area contributed by atoms with Gasteiger partial charge >= 0.3 is 0 Å². The van der Waals surface area contributed by atoms with E-state index in [4.69, 9.17) is 11.6 Å². The SMILES string of the molecule is O=c1cc(CNc2cccc3ccccc23)nc2ccc(Cl)cn12. The summed E-state index contributed by atoms with van der Waals surface area (Å²) in [5.74, 6) is 0. The molecule has 0 amide bonds. The molecular formula is C19H14ClN3O. The molecule has 0 atom stereocenters. The number of nitrogens with zero attached hydrogens (tertiary/aromatic N) is 2. The number of nitrogens with one attached hydrogen (secondary N) is 1. The molecule has 5 heteroatoms. The number of anilines is 1. The summed E-state index contributed by atoms with van der Waals surface area (Å²) < 4.78 is 1.45. The number of hydrogen-bond donors (Lipinski definition) is 1. The van der Waals surface area contributed by atoms with Crippen LogP contribution in [-0.2, 0) is 6.54 Å². The molecule has 0 fully saturated rings. The zero-order chi connectivity index (χ0) is 16.5. The fraction of sp³-hybridized carbons (Fsp3) is 0.0526. The van der Waals surface area contributed by atoms with Gasteiger partial charge in [0.2, 0.25) is 0 Å². The van der Waals surface area contributed by atoms with Crippen LogP contribution in [0.2, 0.25) is 5.02 Å². The van der Waals surface area contributed by atoms with Gasteiger partial charge in [0.15, 0.2) is 0 Å². The van der Waals surface area contributed by atoms with Gasteiger partial charge in [0.25, 0.3) is 5.56 Å². The zero-order valence-electron chi connectivity index (χ0n) is 12.7. The van der Waals surface area contributed by atoms with E-state index in [0.29, 0.717) is 22.9 Å². The van der Waals surface area contributed by atoms with Crippen molar-refractivity contribution in [3.05, 3.63) is 87.9 Å². The average Bonchev–Trinajstić information content (AvgIpc) is 2.60. The van der Waals surface area contributed by atoms with E-state index in [1.807, 2.05) is 24.3 Å². The van der Waals surface area contributed by atoms with Crippen molar-refractivity contribution < 1.29 is 0 Å². The lowest BCUT2D eigenvalue weighted by molar-refractivity contribution is 0.972. The number of aromatic nitrogens is 2. The molecule has 24 heavy (non-hydrogen) atoms. The maximum Gasteiger partial charge on any atom is 0.258 e. The quantitative estimate of drug-likeness (QED) is 0.612. The summed E-state index contributed by atoms with van der Waals surface area (Å²) in [7, 11) is 0. The molecule has 0 bridgehead atoms. The third-order valence-corrected chi connectivity index (χ3v) is 4.15. The number of pyridine rings is 1. The van der Waals surface area contributed by atoms with E-state index in [2.05, 4.69) is 28.5 Å². The first-order valence-electron chi connectivity index (χ1n) is 7.60. The molecule has 4 aromatic rings. The van der Waals surface area contributed by atoms with Gasteiger partial charge in [0, 0.05) is 23.3 Å². The van der Waals surface area contributed by atoms with Gasteiger partial charge < -0.3 is 5.32 Å². The second-order valence-electron chi connectivity index (χ2n) is 5.54. The van der Waals surface area contributed by atoms with Crippen LogP contribution in [0.1, 0.15) is 5.69 Å². The van der Waals surface area contributed by atoms with Crippen LogP contribution in [-0.4, -0.2) is 9.38 Å². The first-order valence-corrected chi connectivity index (χ1v) is 7.98. The van der Waals surface area contributed by atoms with Crippen molar-refractivity contribution in [2.45, 2.75) is 6.54 Å². The Hall–Kier alpha value is -2.85. The van der Waals surface area contributed by atoms with Crippen molar-refractivity contribution in [3.63, 3.8) is 0 Å². The van der Waals surface area contributed by atoms with Gasteiger partial charge in [-0.15, -0.1) is 0 Å². The molecule has 0 unspecified atom stereocenters. The Kier molecular flexibility index (Phi) is 3.67. The first kappa shape index (κ1) is 14.7. The molecule has 0 aliphatic carbocycles. The summed E-state index contributed by atoms with van der Waals surface area (Å²) in [6.45, 7) is 0.475. The fourth-order valence-corrected chi connectivity index (χ4v) is 2.94. The van der Waals surface area contributed by atoms with Crippen molar-refractivity contribution in [2.75, 3.05) is 5.32 Å². The Bertz CT molecular complexity index is 1100. The van der Waals surface area contributed by atoms with E-state index in [-0.39, 0.29) is 5.56 Å². The molecule has 0 saturated heterocycles. The Morgan fingerprint density at radius 2 is 1.88 bits per heavy atom. The summed E-state index contributed by atoms with van der Waals surface area (Å²) in [6.07, 6.45) is 1.58. The molecule has 0 spiro atoms. The highest BCUT2D eigenvalue weighted by atomic mass is 35.5. The number of hydrogen-bond acceptors (Lipinski definition) is 3. The highest BCUT2D eigenvalue weighted by Crippen LogP contribution is 2.23. The number of benzene rings is 2. The van der Waals surface area contributed by atoms with Crippen LogP contribution in [0.4, 0.5) is 5.69 Å². The molecule has 4 nitrogen and oxygen atoms in total. The molecule has 2 aromatic heterocycles. The maximum atomic E-state index is 12.2. The average molecular weight is 336 g/mol. The second-order valence-corrected chi connectivity index (χ2v) is 5.98. The third-order valence-electron chi connectivity index (χ3n) is 3.93. The van der Waals surface area contributed by atoms with Crippen molar-refractivity contribution in [1.82, 2.24) is 9.38 Å². The predicted octanol–water partition coefficient (Wildman–Crippen LogP) is 4.11. The van der Waals surface area contributed by atoms with Crippen LogP contribution >= 0.6 is 11.6 Å². The topological polar surface area (TPSA) is 46.4 Å². The van der Waals surface area contributed by atoms with E-state index in [9.17, 15) is 4.79 Å². The molecular weight excluding hydrogens is 322 g/mol. The monoisotopic (exact) mass is 335 g/mol. The molecule has 0 saturated carbocycles. The van der Waals surface area contributed by atoms with Crippen LogP contribution < -0.4 is 10.9 Å². The first-order chi connectivity index (χ1) is 11.7. The fourth-order valence-electron chi connectivity index (χ4n) is 2.78. The van der Waals surface area contributed by atoms with Gasteiger partial charge in [0.1, 0.15) is 5.65 Å². The Morgan fingerprint density at radius 1 is 1.04 bits per heavy atom. The molecule has 0 aliphatic heterocycles. The molecule has 118 valence electrons. The van der Waals surface area contributed by atoms with Crippen molar-refractivity contribution in [3.8, 4) is 0 Å². The summed E-state index contributed by atoms with van der Waals surface area (Å²) >= 11 is 5.93. The van der Waals surface area contributed by atoms with Gasteiger partial charge in [0.05, 0.1) is 17.3 Å². The second kappa shape index (κ2) is 5.98. The van der Waals surface area contributed by atoms with Gasteiger partial charge in [-0.25, -0.2) is 4.98 Å². The van der Waals surface area contributed by atoms with E-state index in [1.165, 1.54) is 15.9 Å². The Balaban J connectivity index is 1.67. The van der Waals surface area contributed by atoms with E-state index < -0.39 is 0 Å². The number of rotatable bonds is 3. The van der Waals surface area contributed by atoms with Crippen LogP contribution in [0.25, 0.3) is 16.4 Å². The van der Waals surface area contributed by atoms with Crippen molar-refractivity contribution in [1.29, 1.82) is 0 Å². The third kappa shape index (κ3) is 2.72. The van der Waals surface area contributed by atoms with Crippen molar-refractivity contribution >= 4 is 33.7 Å². The molecule has 4 rings (SSSR count). The number of fused-ring (bicyclic) bond motifs is 2. The summed E-state index contributed by atoms with van der Waals surface area (Å²) in [6, 6.07) is 19.3. The smallest absolute Gasteiger partial charge is 0.258 e. The standard InChI is InChI=1S/C19H14ClN3O/c20-14-8-9-18-22-15(10-19(24)23(18)12-14)11-21-17-7-3-5-13-4-1-2-6-16(13)17/h1-10,12,21H,11H2.